The van der Waals surface area contributed by atoms with Gasteiger partial charge in [0.25, 0.3) is 0 Å². The Hall–Kier alpha value is -1.68. The highest BCUT2D eigenvalue weighted by molar-refractivity contribution is 5.63. The van der Waals surface area contributed by atoms with E-state index < -0.39 is 6.10 Å². The van der Waals surface area contributed by atoms with Gasteiger partial charge in [-0.15, -0.1) is 0 Å². The minimum Gasteiger partial charge on any atom is -0.387 e. The van der Waals surface area contributed by atoms with Gasteiger partial charge in [-0.3, -0.25) is 0 Å². The van der Waals surface area contributed by atoms with Crippen molar-refractivity contribution in [2.45, 2.75) is 6.10 Å². The van der Waals surface area contributed by atoms with E-state index in [0.29, 0.717) is 6.54 Å². The molecular formula is C18H24N2O. The van der Waals surface area contributed by atoms with Crippen LogP contribution in [0.3, 0.4) is 0 Å². The second-order valence-corrected chi connectivity index (χ2v) is 5.51. The van der Waals surface area contributed by atoms with E-state index in [0.717, 1.165) is 18.7 Å². The van der Waals surface area contributed by atoms with Gasteiger partial charge >= 0.3 is 0 Å². The highest BCUT2D eigenvalue weighted by Gasteiger charge is 2.07. The molecular weight excluding hydrogens is 260 g/mol. The van der Waals surface area contributed by atoms with Gasteiger partial charge in [0.2, 0.25) is 0 Å². The second-order valence-electron chi connectivity index (χ2n) is 5.51. The fourth-order valence-electron chi connectivity index (χ4n) is 2.19. The quantitative estimate of drug-likeness (QED) is 0.767. The van der Waals surface area contributed by atoms with E-state index in [-0.39, 0.29) is 0 Å². The SMILES string of the molecule is CN(C)CCNCC(O)c1ccc(-c2ccccc2)cc1. The Morgan fingerprint density at radius 1 is 0.952 bits per heavy atom. The van der Waals surface area contributed by atoms with Gasteiger partial charge in [0.15, 0.2) is 0 Å². The summed E-state index contributed by atoms with van der Waals surface area (Å²) in [6.07, 6.45) is -0.461. The average Bonchev–Trinajstić information content (AvgIpc) is 2.52. The summed E-state index contributed by atoms with van der Waals surface area (Å²) in [5.41, 5.74) is 3.32. The van der Waals surface area contributed by atoms with Crippen LogP contribution in [0, 0.1) is 0 Å². The maximum Gasteiger partial charge on any atom is 0.0914 e. The van der Waals surface area contributed by atoms with E-state index >= 15 is 0 Å². The van der Waals surface area contributed by atoms with Gasteiger partial charge in [0, 0.05) is 19.6 Å². The fourth-order valence-corrected chi connectivity index (χ4v) is 2.19. The van der Waals surface area contributed by atoms with E-state index in [1.807, 2.05) is 44.4 Å². The summed E-state index contributed by atoms with van der Waals surface area (Å²) in [5.74, 6) is 0. The van der Waals surface area contributed by atoms with Crippen molar-refractivity contribution >= 4 is 0 Å². The minimum absolute atomic E-state index is 0.461. The van der Waals surface area contributed by atoms with Crippen molar-refractivity contribution in [3.05, 3.63) is 60.2 Å². The van der Waals surface area contributed by atoms with Crippen LogP contribution in [0.15, 0.2) is 54.6 Å². The standard InChI is InChI=1S/C18H24N2O/c1-20(2)13-12-19-14-18(21)17-10-8-16(9-11-17)15-6-4-3-5-7-15/h3-11,18-19,21H,12-14H2,1-2H3. The Bertz CT molecular complexity index is 523. The number of hydrogen-bond donors (Lipinski definition) is 2. The van der Waals surface area contributed by atoms with E-state index in [9.17, 15) is 5.11 Å². The monoisotopic (exact) mass is 284 g/mol. The molecule has 112 valence electrons. The first-order valence-corrected chi connectivity index (χ1v) is 7.35. The van der Waals surface area contributed by atoms with Crippen molar-refractivity contribution in [2.75, 3.05) is 33.7 Å². The molecule has 0 aliphatic rings. The van der Waals surface area contributed by atoms with Crippen molar-refractivity contribution in [3.8, 4) is 11.1 Å². The fraction of sp³-hybridized carbons (Fsp3) is 0.333. The summed E-state index contributed by atoms with van der Waals surface area (Å²) in [6.45, 7) is 2.43. The summed E-state index contributed by atoms with van der Waals surface area (Å²) in [6, 6.07) is 18.4. The first-order valence-electron chi connectivity index (χ1n) is 7.35. The Morgan fingerprint density at radius 2 is 1.57 bits per heavy atom. The Morgan fingerprint density at radius 3 is 2.19 bits per heavy atom. The van der Waals surface area contributed by atoms with Crippen LogP contribution in [0.25, 0.3) is 11.1 Å². The molecule has 0 heterocycles. The van der Waals surface area contributed by atoms with Gasteiger partial charge in [-0.1, -0.05) is 54.6 Å². The molecule has 0 aliphatic carbocycles. The maximum atomic E-state index is 10.2. The van der Waals surface area contributed by atoms with Gasteiger partial charge in [-0.25, -0.2) is 0 Å². The normalized spacial score (nSPS) is 12.6. The molecule has 0 radical (unpaired) electrons. The molecule has 2 aromatic carbocycles. The van der Waals surface area contributed by atoms with Crippen LogP contribution in [0.2, 0.25) is 0 Å². The lowest BCUT2D eigenvalue weighted by atomic mass is 10.0. The second kappa shape index (κ2) is 7.93. The molecule has 0 aromatic heterocycles. The highest BCUT2D eigenvalue weighted by atomic mass is 16.3. The van der Waals surface area contributed by atoms with E-state index in [1.165, 1.54) is 11.1 Å². The van der Waals surface area contributed by atoms with Gasteiger partial charge in [-0.05, 0) is 30.8 Å². The summed E-state index contributed by atoms with van der Waals surface area (Å²) in [4.78, 5) is 2.12. The average molecular weight is 284 g/mol. The third-order valence-corrected chi connectivity index (χ3v) is 3.48. The highest BCUT2D eigenvalue weighted by Crippen LogP contribution is 2.21. The lowest BCUT2D eigenvalue weighted by molar-refractivity contribution is 0.173. The Labute approximate surface area is 127 Å². The zero-order valence-electron chi connectivity index (χ0n) is 12.8. The number of rotatable bonds is 7. The van der Waals surface area contributed by atoms with Crippen molar-refractivity contribution in [1.82, 2.24) is 10.2 Å². The summed E-state index contributed by atoms with van der Waals surface area (Å²) in [5, 5.41) is 13.4. The van der Waals surface area contributed by atoms with Gasteiger partial charge in [-0.2, -0.15) is 0 Å². The zero-order chi connectivity index (χ0) is 15.1. The van der Waals surface area contributed by atoms with Crippen LogP contribution in [-0.2, 0) is 0 Å². The van der Waals surface area contributed by atoms with Crippen LogP contribution >= 0.6 is 0 Å². The number of benzene rings is 2. The van der Waals surface area contributed by atoms with Crippen molar-refractivity contribution in [1.29, 1.82) is 0 Å². The van der Waals surface area contributed by atoms with E-state index in [2.05, 4.69) is 34.5 Å². The number of nitrogens with zero attached hydrogens (tertiary/aromatic N) is 1. The molecule has 2 aromatic rings. The molecule has 0 saturated heterocycles. The molecule has 0 fully saturated rings. The molecule has 1 unspecified atom stereocenters. The van der Waals surface area contributed by atoms with Crippen molar-refractivity contribution in [2.24, 2.45) is 0 Å². The molecule has 3 heteroatoms. The largest absolute Gasteiger partial charge is 0.387 e. The lowest BCUT2D eigenvalue weighted by Crippen LogP contribution is -2.29. The lowest BCUT2D eigenvalue weighted by Gasteiger charge is -2.14. The summed E-state index contributed by atoms with van der Waals surface area (Å²) >= 11 is 0. The number of aliphatic hydroxyl groups excluding tert-OH is 1. The molecule has 2 N–H and O–H groups in total. The van der Waals surface area contributed by atoms with Crippen LogP contribution in [-0.4, -0.2) is 43.7 Å². The van der Waals surface area contributed by atoms with Gasteiger partial charge in [0.05, 0.1) is 6.10 Å². The van der Waals surface area contributed by atoms with E-state index in [1.54, 1.807) is 0 Å². The summed E-state index contributed by atoms with van der Waals surface area (Å²) in [7, 11) is 4.08. The smallest absolute Gasteiger partial charge is 0.0914 e. The van der Waals surface area contributed by atoms with Crippen LogP contribution in [0.1, 0.15) is 11.7 Å². The van der Waals surface area contributed by atoms with E-state index in [4.69, 9.17) is 0 Å². The Balaban J connectivity index is 1.89. The number of hydrogen-bond acceptors (Lipinski definition) is 3. The minimum atomic E-state index is -0.461. The van der Waals surface area contributed by atoms with Gasteiger partial charge < -0.3 is 15.3 Å². The molecule has 0 aliphatic heterocycles. The predicted molar refractivity (Wildman–Crippen MR) is 88.3 cm³/mol. The van der Waals surface area contributed by atoms with Crippen LogP contribution in [0.5, 0.6) is 0 Å². The molecule has 3 nitrogen and oxygen atoms in total. The van der Waals surface area contributed by atoms with Crippen molar-refractivity contribution in [3.63, 3.8) is 0 Å². The maximum absolute atomic E-state index is 10.2. The third-order valence-electron chi connectivity index (χ3n) is 3.48. The molecule has 2 rings (SSSR count). The van der Waals surface area contributed by atoms with Crippen LogP contribution < -0.4 is 5.32 Å². The molecule has 1 atom stereocenters. The first kappa shape index (κ1) is 15.7. The van der Waals surface area contributed by atoms with Gasteiger partial charge in [0.1, 0.15) is 0 Å². The third kappa shape index (κ3) is 4.97. The topological polar surface area (TPSA) is 35.5 Å². The molecule has 21 heavy (non-hydrogen) atoms. The summed E-state index contributed by atoms with van der Waals surface area (Å²) < 4.78 is 0. The molecule has 0 saturated carbocycles. The van der Waals surface area contributed by atoms with Crippen LogP contribution in [0.4, 0.5) is 0 Å². The first-order chi connectivity index (χ1) is 10.2. The predicted octanol–water partition coefficient (Wildman–Crippen LogP) is 2.54. The van der Waals surface area contributed by atoms with Crippen molar-refractivity contribution < 1.29 is 5.11 Å². The number of likely N-dealkylation sites (N-methyl/N-ethyl adjacent to an activating group) is 1. The Kier molecular flexibility index (Phi) is 5.93. The molecule has 0 spiro atoms. The number of aliphatic hydroxyl groups is 1. The zero-order valence-corrected chi connectivity index (χ0v) is 12.8. The number of nitrogens with one attached hydrogen (secondary N) is 1. The molecule has 0 bridgehead atoms. The molecule has 0 amide bonds.